The second-order valence-electron chi connectivity index (χ2n) is 4.48. The van der Waals surface area contributed by atoms with Gasteiger partial charge in [0.05, 0.1) is 6.10 Å². The summed E-state index contributed by atoms with van der Waals surface area (Å²) in [6, 6.07) is 10.3. The summed E-state index contributed by atoms with van der Waals surface area (Å²) in [4.78, 5) is 0. The smallest absolute Gasteiger partial charge is 0.159 e. The minimum absolute atomic E-state index is 0.129. The van der Waals surface area contributed by atoms with E-state index in [1.165, 1.54) is 6.07 Å². The predicted octanol–water partition coefficient (Wildman–Crippen LogP) is 3.39. The number of aliphatic hydroxyl groups excluding tert-OH is 1. The van der Waals surface area contributed by atoms with Crippen LogP contribution in [0.5, 0.6) is 0 Å². The second kappa shape index (κ2) is 6.31. The summed E-state index contributed by atoms with van der Waals surface area (Å²) in [5.41, 5.74) is 6.63. The van der Waals surface area contributed by atoms with Gasteiger partial charge < -0.3 is 10.8 Å². The second-order valence-corrected chi connectivity index (χ2v) is 4.89. The predicted molar refractivity (Wildman–Crippen MR) is 74.6 cm³/mol. The minimum atomic E-state index is -1.06. The van der Waals surface area contributed by atoms with Crippen molar-refractivity contribution in [1.82, 2.24) is 0 Å². The van der Waals surface area contributed by atoms with Crippen molar-refractivity contribution in [3.05, 3.63) is 70.2 Å². The molecule has 5 heteroatoms. The Morgan fingerprint density at radius 1 is 1.10 bits per heavy atom. The van der Waals surface area contributed by atoms with Crippen LogP contribution in [-0.2, 0) is 0 Å². The first-order chi connectivity index (χ1) is 9.54. The molecular weight excluding hydrogens is 284 g/mol. The average Bonchev–Trinajstić information content (AvgIpc) is 2.44. The molecule has 2 atom stereocenters. The molecule has 0 aliphatic rings. The highest BCUT2D eigenvalue weighted by atomic mass is 35.5. The first-order valence-electron chi connectivity index (χ1n) is 6.12. The summed E-state index contributed by atoms with van der Waals surface area (Å²) in [7, 11) is 0. The lowest BCUT2D eigenvalue weighted by atomic mass is 9.89. The molecule has 106 valence electrons. The zero-order valence-corrected chi connectivity index (χ0v) is 11.3. The quantitative estimate of drug-likeness (QED) is 0.908. The van der Waals surface area contributed by atoms with E-state index in [1.807, 2.05) is 0 Å². The van der Waals surface area contributed by atoms with Crippen LogP contribution in [0.4, 0.5) is 8.78 Å². The Morgan fingerprint density at radius 3 is 2.40 bits per heavy atom. The van der Waals surface area contributed by atoms with Gasteiger partial charge in [-0.2, -0.15) is 0 Å². The Balaban J connectivity index is 2.36. The van der Waals surface area contributed by atoms with Gasteiger partial charge in [-0.1, -0.05) is 35.9 Å². The van der Waals surface area contributed by atoms with Crippen LogP contribution in [0.25, 0.3) is 0 Å². The average molecular weight is 298 g/mol. The maximum absolute atomic E-state index is 13.2. The lowest BCUT2D eigenvalue weighted by molar-refractivity contribution is 0.147. The van der Waals surface area contributed by atoms with Gasteiger partial charge in [-0.25, -0.2) is 8.78 Å². The van der Waals surface area contributed by atoms with E-state index in [-0.39, 0.29) is 12.1 Å². The maximum Gasteiger partial charge on any atom is 0.159 e. The third-order valence-corrected chi connectivity index (χ3v) is 3.57. The number of hydrogen-bond donors (Lipinski definition) is 2. The fraction of sp³-hybridized carbons (Fsp3) is 0.200. The molecule has 2 nitrogen and oxygen atoms in total. The van der Waals surface area contributed by atoms with Crippen LogP contribution in [0, 0.1) is 11.6 Å². The molecular formula is C15H14ClF2NO. The number of rotatable bonds is 4. The molecule has 0 saturated heterocycles. The lowest BCUT2D eigenvalue weighted by Gasteiger charge is -2.23. The molecule has 2 aromatic rings. The van der Waals surface area contributed by atoms with E-state index in [0.717, 1.165) is 12.1 Å². The van der Waals surface area contributed by atoms with Crippen LogP contribution in [0.15, 0.2) is 42.5 Å². The summed E-state index contributed by atoms with van der Waals surface area (Å²) in [5, 5.41) is 10.8. The molecule has 0 heterocycles. The fourth-order valence-corrected chi connectivity index (χ4v) is 2.41. The van der Waals surface area contributed by atoms with Crippen molar-refractivity contribution in [1.29, 1.82) is 0 Å². The van der Waals surface area contributed by atoms with E-state index in [4.69, 9.17) is 17.3 Å². The van der Waals surface area contributed by atoms with Gasteiger partial charge in [-0.3, -0.25) is 0 Å². The highest BCUT2D eigenvalue weighted by Crippen LogP contribution is 2.34. The van der Waals surface area contributed by atoms with Crippen LogP contribution < -0.4 is 5.73 Å². The summed E-state index contributed by atoms with van der Waals surface area (Å²) in [6.45, 7) is 0.129. The zero-order chi connectivity index (χ0) is 14.7. The number of aliphatic hydroxyl groups is 1. The van der Waals surface area contributed by atoms with Gasteiger partial charge >= 0.3 is 0 Å². The van der Waals surface area contributed by atoms with Crippen molar-refractivity contribution in [3.63, 3.8) is 0 Å². The molecule has 0 fully saturated rings. The van der Waals surface area contributed by atoms with Crippen LogP contribution in [-0.4, -0.2) is 11.7 Å². The van der Waals surface area contributed by atoms with Gasteiger partial charge in [-0.05, 0) is 29.3 Å². The number of nitrogens with two attached hydrogens (primary N) is 1. The van der Waals surface area contributed by atoms with E-state index in [2.05, 4.69) is 0 Å². The molecule has 0 amide bonds. The number of benzene rings is 2. The Kier molecular flexibility index (Phi) is 4.70. The van der Waals surface area contributed by atoms with Crippen LogP contribution in [0.2, 0.25) is 5.02 Å². The highest BCUT2D eigenvalue weighted by molar-refractivity contribution is 6.31. The summed E-state index contributed by atoms with van der Waals surface area (Å²) < 4.78 is 26.2. The largest absolute Gasteiger partial charge is 0.388 e. The highest BCUT2D eigenvalue weighted by Gasteiger charge is 2.24. The van der Waals surface area contributed by atoms with Crippen molar-refractivity contribution in [2.75, 3.05) is 6.54 Å². The molecule has 2 rings (SSSR count). The van der Waals surface area contributed by atoms with Gasteiger partial charge in [0.15, 0.2) is 11.6 Å². The Labute approximate surface area is 120 Å². The number of hydrogen-bond acceptors (Lipinski definition) is 2. The topological polar surface area (TPSA) is 46.2 Å². The molecule has 0 bridgehead atoms. The third-order valence-electron chi connectivity index (χ3n) is 3.22. The van der Waals surface area contributed by atoms with E-state index < -0.39 is 23.7 Å². The Hall–Kier alpha value is -1.49. The van der Waals surface area contributed by atoms with Crippen LogP contribution in [0.3, 0.4) is 0 Å². The molecule has 2 unspecified atom stereocenters. The van der Waals surface area contributed by atoms with Crippen molar-refractivity contribution in [2.24, 2.45) is 5.73 Å². The number of halogens is 3. The van der Waals surface area contributed by atoms with E-state index in [9.17, 15) is 13.9 Å². The fourth-order valence-electron chi connectivity index (χ4n) is 2.13. The molecule has 0 aliphatic carbocycles. The molecule has 0 spiro atoms. The maximum atomic E-state index is 13.2. The molecule has 20 heavy (non-hydrogen) atoms. The van der Waals surface area contributed by atoms with Crippen molar-refractivity contribution >= 4 is 11.6 Å². The van der Waals surface area contributed by atoms with E-state index in [1.54, 1.807) is 24.3 Å². The standard InChI is InChI=1S/C15H14ClF2NO/c16-12-4-2-1-3-10(12)11(8-19)15(20)9-5-6-13(17)14(18)7-9/h1-7,11,15,20H,8,19H2. The molecule has 2 aromatic carbocycles. The summed E-state index contributed by atoms with van der Waals surface area (Å²) in [5.74, 6) is -2.45. The monoisotopic (exact) mass is 297 g/mol. The Bertz CT molecular complexity index is 606. The van der Waals surface area contributed by atoms with E-state index >= 15 is 0 Å². The SMILES string of the molecule is NCC(c1ccccc1Cl)C(O)c1ccc(F)c(F)c1. The summed E-state index contributed by atoms with van der Waals surface area (Å²) in [6.07, 6.45) is -1.06. The van der Waals surface area contributed by atoms with Crippen LogP contribution >= 0.6 is 11.6 Å². The van der Waals surface area contributed by atoms with Crippen molar-refractivity contribution in [2.45, 2.75) is 12.0 Å². The molecule has 0 saturated carbocycles. The third kappa shape index (κ3) is 2.98. The minimum Gasteiger partial charge on any atom is -0.388 e. The van der Waals surface area contributed by atoms with Gasteiger partial charge in [0.2, 0.25) is 0 Å². The normalized spacial score (nSPS) is 14.1. The van der Waals surface area contributed by atoms with Gasteiger partial charge in [0.1, 0.15) is 0 Å². The molecule has 3 N–H and O–H groups in total. The molecule has 0 aromatic heterocycles. The van der Waals surface area contributed by atoms with Crippen molar-refractivity contribution in [3.8, 4) is 0 Å². The van der Waals surface area contributed by atoms with Gasteiger partial charge in [0, 0.05) is 17.5 Å². The summed E-state index contributed by atoms with van der Waals surface area (Å²) >= 11 is 6.09. The van der Waals surface area contributed by atoms with Crippen molar-refractivity contribution < 1.29 is 13.9 Å². The zero-order valence-electron chi connectivity index (χ0n) is 10.6. The first-order valence-corrected chi connectivity index (χ1v) is 6.50. The van der Waals surface area contributed by atoms with E-state index in [0.29, 0.717) is 10.6 Å². The van der Waals surface area contributed by atoms with Gasteiger partial charge in [-0.15, -0.1) is 0 Å². The lowest BCUT2D eigenvalue weighted by Crippen LogP contribution is -2.20. The van der Waals surface area contributed by atoms with Crippen LogP contribution in [0.1, 0.15) is 23.1 Å². The first kappa shape index (κ1) is 14.9. The van der Waals surface area contributed by atoms with Gasteiger partial charge in [0.25, 0.3) is 0 Å². The molecule has 0 radical (unpaired) electrons. The Morgan fingerprint density at radius 2 is 1.80 bits per heavy atom. The molecule has 0 aliphatic heterocycles.